The number of para-hydroxylation sites is 1. The molecule has 6 nitrogen and oxygen atoms in total. The van der Waals surface area contributed by atoms with E-state index < -0.39 is 5.25 Å². The van der Waals surface area contributed by atoms with Crippen LogP contribution in [0.2, 0.25) is 0 Å². The molecule has 1 aromatic heterocycles. The molecule has 1 N–H and O–H groups in total. The number of carbonyl (C=O) groups excluding carboxylic acids is 2. The molecule has 170 valence electrons. The van der Waals surface area contributed by atoms with Crippen LogP contribution < -0.4 is 5.32 Å². The van der Waals surface area contributed by atoms with E-state index in [1.165, 1.54) is 17.3 Å². The molecule has 2 heterocycles. The van der Waals surface area contributed by atoms with E-state index in [2.05, 4.69) is 5.32 Å². The quantitative estimate of drug-likeness (QED) is 0.513. The minimum Gasteiger partial charge on any atom is -0.467 e. The molecule has 33 heavy (non-hydrogen) atoms. The molecule has 1 aliphatic rings. The van der Waals surface area contributed by atoms with Gasteiger partial charge in [-0.15, -0.1) is 0 Å². The summed E-state index contributed by atoms with van der Waals surface area (Å²) in [4.78, 5) is 32.5. The first-order chi connectivity index (χ1) is 15.8. The molecule has 0 saturated carbocycles. The van der Waals surface area contributed by atoms with Crippen molar-refractivity contribution in [2.45, 2.75) is 45.9 Å². The molecular formula is C26H27N3O3S. The lowest BCUT2D eigenvalue weighted by Crippen LogP contribution is -2.33. The smallest absolute Gasteiger partial charge is 0.243 e. The van der Waals surface area contributed by atoms with E-state index >= 15 is 0 Å². The summed E-state index contributed by atoms with van der Waals surface area (Å²) in [5, 5.41) is 3.01. The fraction of sp³-hybridized carbons (Fsp3) is 0.269. The molecule has 1 aliphatic heterocycles. The van der Waals surface area contributed by atoms with Crippen LogP contribution in [0.4, 0.5) is 11.4 Å². The molecule has 1 fully saturated rings. The van der Waals surface area contributed by atoms with Gasteiger partial charge in [0.1, 0.15) is 11.0 Å². The normalized spacial score (nSPS) is 17.1. The standard InChI is InChI=1S/C26H27N3O3S/c1-16-10-11-20(13-19(16)4)27-26-29(15-21-9-6-12-32-21)25(31)22(33-26)14-23(30)28-24-17(2)7-5-8-18(24)3/h5-13,22H,14-15H2,1-4H3,(H,28,30). The molecular weight excluding hydrogens is 434 g/mol. The lowest BCUT2D eigenvalue weighted by atomic mass is 10.1. The third kappa shape index (κ3) is 5.20. The average molecular weight is 462 g/mol. The molecule has 1 atom stereocenters. The highest BCUT2D eigenvalue weighted by molar-refractivity contribution is 8.15. The maximum Gasteiger partial charge on any atom is 0.243 e. The Kier molecular flexibility index (Phi) is 6.70. The first-order valence-corrected chi connectivity index (χ1v) is 11.7. The van der Waals surface area contributed by atoms with Gasteiger partial charge >= 0.3 is 0 Å². The van der Waals surface area contributed by atoms with Crippen LogP contribution in [0.25, 0.3) is 0 Å². The van der Waals surface area contributed by atoms with Gasteiger partial charge in [0, 0.05) is 12.1 Å². The van der Waals surface area contributed by atoms with Gasteiger partial charge in [0.25, 0.3) is 0 Å². The average Bonchev–Trinajstić information content (AvgIpc) is 3.38. The summed E-state index contributed by atoms with van der Waals surface area (Å²) in [6.07, 6.45) is 1.65. The largest absolute Gasteiger partial charge is 0.467 e. The molecule has 0 spiro atoms. The molecule has 2 aromatic carbocycles. The van der Waals surface area contributed by atoms with Crippen LogP contribution in [0.3, 0.4) is 0 Å². The second kappa shape index (κ2) is 9.67. The van der Waals surface area contributed by atoms with Crippen molar-refractivity contribution in [2.24, 2.45) is 4.99 Å². The summed E-state index contributed by atoms with van der Waals surface area (Å²) in [6, 6.07) is 15.4. The van der Waals surface area contributed by atoms with Crippen LogP contribution in [0.15, 0.2) is 64.2 Å². The van der Waals surface area contributed by atoms with E-state index in [1.54, 1.807) is 17.2 Å². The number of amidine groups is 1. The van der Waals surface area contributed by atoms with Gasteiger partial charge in [-0.2, -0.15) is 0 Å². The predicted octanol–water partition coefficient (Wildman–Crippen LogP) is 5.67. The Hall–Kier alpha value is -3.32. The number of nitrogens with zero attached hydrogens (tertiary/aromatic N) is 2. The van der Waals surface area contributed by atoms with E-state index in [4.69, 9.17) is 9.41 Å². The SMILES string of the molecule is Cc1ccc(N=C2SC(CC(=O)Nc3c(C)cccc3C)C(=O)N2Cc2ccco2)cc1C. The van der Waals surface area contributed by atoms with E-state index in [0.717, 1.165) is 28.1 Å². The van der Waals surface area contributed by atoms with Crippen molar-refractivity contribution in [3.63, 3.8) is 0 Å². The third-order valence-corrected chi connectivity index (χ3v) is 6.92. The van der Waals surface area contributed by atoms with E-state index in [1.807, 2.05) is 70.2 Å². The number of benzene rings is 2. The maximum atomic E-state index is 13.3. The molecule has 4 rings (SSSR count). The fourth-order valence-electron chi connectivity index (χ4n) is 3.71. The topological polar surface area (TPSA) is 74.9 Å². The number of nitrogens with one attached hydrogen (secondary N) is 1. The Morgan fingerprint density at radius 3 is 2.45 bits per heavy atom. The number of carbonyl (C=O) groups is 2. The molecule has 0 bridgehead atoms. The summed E-state index contributed by atoms with van der Waals surface area (Å²) in [5.41, 5.74) is 5.87. The number of amides is 2. The predicted molar refractivity (Wildman–Crippen MR) is 133 cm³/mol. The monoisotopic (exact) mass is 461 g/mol. The Morgan fingerprint density at radius 1 is 1.03 bits per heavy atom. The zero-order valence-electron chi connectivity index (χ0n) is 19.2. The molecule has 2 amide bonds. The first-order valence-electron chi connectivity index (χ1n) is 10.8. The third-order valence-electron chi connectivity index (χ3n) is 5.75. The molecule has 3 aromatic rings. The van der Waals surface area contributed by atoms with Crippen LogP contribution in [-0.4, -0.2) is 27.1 Å². The number of furan rings is 1. The molecule has 1 saturated heterocycles. The second-order valence-corrected chi connectivity index (χ2v) is 9.46. The number of aryl methyl sites for hydroxylation is 4. The van der Waals surface area contributed by atoms with Crippen LogP contribution in [0.5, 0.6) is 0 Å². The van der Waals surface area contributed by atoms with Gasteiger partial charge in [-0.1, -0.05) is 36.0 Å². The van der Waals surface area contributed by atoms with E-state index in [0.29, 0.717) is 10.9 Å². The zero-order chi connectivity index (χ0) is 23.5. The molecule has 7 heteroatoms. The summed E-state index contributed by atoms with van der Waals surface area (Å²) in [5.74, 6) is 0.330. The summed E-state index contributed by atoms with van der Waals surface area (Å²) in [6.45, 7) is 8.27. The number of rotatable bonds is 6. The lowest BCUT2D eigenvalue weighted by Gasteiger charge is -2.15. The van der Waals surface area contributed by atoms with Crippen LogP contribution >= 0.6 is 11.8 Å². The van der Waals surface area contributed by atoms with Crippen molar-refractivity contribution in [3.8, 4) is 0 Å². The van der Waals surface area contributed by atoms with Crippen molar-refractivity contribution in [3.05, 3.63) is 82.8 Å². The minimum atomic E-state index is -0.547. The van der Waals surface area contributed by atoms with E-state index in [-0.39, 0.29) is 24.8 Å². The lowest BCUT2D eigenvalue weighted by molar-refractivity contribution is -0.128. The first kappa shape index (κ1) is 22.9. The molecule has 0 aliphatic carbocycles. The van der Waals surface area contributed by atoms with Crippen molar-refractivity contribution in [1.82, 2.24) is 4.90 Å². The summed E-state index contributed by atoms with van der Waals surface area (Å²) < 4.78 is 5.46. The highest BCUT2D eigenvalue weighted by Gasteiger charge is 2.39. The zero-order valence-corrected chi connectivity index (χ0v) is 20.0. The van der Waals surface area contributed by atoms with Gasteiger partial charge in [0.2, 0.25) is 11.8 Å². The van der Waals surface area contributed by atoms with Gasteiger partial charge < -0.3 is 9.73 Å². The van der Waals surface area contributed by atoms with Crippen LogP contribution in [-0.2, 0) is 16.1 Å². The van der Waals surface area contributed by atoms with Crippen molar-refractivity contribution < 1.29 is 14.0 Å². The number of aliphatic imine (C=N–C) groups is 1. The fourth-order valence-corrected chi connectivity index (χ4v) is 4.86. The van der Waals surface area contributed by atoms with Gasteiger partial charge in [-0.05, 0) is 74.2 Å². The number of thioether (sulfide) groups is 1. The maximum absolute atomic E-state index is 13.3. The van der Waals surface area contributed by atoms with E-state index in [9.17, 15) is 9.59 Å². The Morgan fingerprint density at radius 2 is 1.79 bits per heavy atom. The Bertz CT molecular complexity index is 1200. The van der Waals surface area contributed by atoms with Crippen molar-refractivity contribution in [2.75, 3.05) is 5.32 Å². The Labute approximate surface area is 198 Å². The van der Waals surface area contributed by atoms with Crippen molar-refractivity contribution >= 4 is 40.1 Å². The van der Waals surface area contributed by atoms with Crippen LogP contribution in [0.1, 0.15) is 34.4 Å². The summed E-state index contributed by atoms with van der Waals surface area (Å²) >= 11 is 1.32. The van der Waals surface area contributed by atoms with Crippen molar-refractivity contribution in [1.29, 1.82) is 0 Å². The van der Waals surface area contributed by atoms with Gasteiger partial charge in [0.15, 0.2) is 5.17 Å². The minimum absolute atomic E-state index is 0.0673. The van der Waals surface area contributed by atoms with Crippen LogP contribution in [0, 0.1) is 27.7 Å². The van der Waals surface area contributed by atoms with Gasteiger partial charge in [0.05, 0.1) is 18.5 Å². The molecule has 1 unspecified atom stereocenters. The molecule has 0 radical (unpaired) electrons. The van der Waals surface area contributed by atoms with Gasteiger partial charge in [-0.25, -0.2) is 4.99 Å². The van der Waals surface area contributed by atoms with Gasteiger partial charge in [-0.3, -0.25) is 14.5 Å². The summed E-state index contributed by atoms with van der Waals surface area (Å²) in [7, 11) is 0. The highest BCUT2D eigenvalue weighted by Crippen LogP contribution is 2.33. The second-order valence-electron chi connectivity index (χ2n) is 8.29. The number of hydrogen-bond acceptors (Lipinski definition) is 5. The highest BCUT2D eigenvalue weighted by atomic mass is 32.2. The number of anilines is 1. The Balaban J connectivity index is 1.56. The number of hydrogen-bond donors (Lipinski definition) is 1.